The normalized spacial score (nSPS) is 39.7. The van der Waals surface area contributed by atoms with Gasteiger partial charge in [0.25, 0.3) is 0 Å². The van der Waals surface area contributed by atoms with Crippen LogP contribution < -0.4 is 5.32 Å². The van der Waals surface area contributed by atoms with Crippen LogP contribution in [0.2, 0.25) is 0 Å². The Morgan fingerprint density at radius 1 is 1.53 bits per heavy atom. The highest BCUT2D eigenvalue weighted by atomic mass is 35.5. The highest BCUT2D eigenvalue weighted by Crippen LogP contribution is 2.58. The molecule has 3 rings (SSSR count). The Balaban J connectivity index is 0.000000853. The molecule has 1 aliphatic carbocycles. The fourth-order valence-electron chi connectivity index (χ4n) is 3.29. The molecule has 1 spiro atoms. The van der Waals surface area contributed by atoms with Gasteiger partial charge in [-0.1, -0.05) is 0 Å². The van der Waals surface area contributed by atoms with Gasteiger partial charge in [0, 0.05) is 13.1 Å². The van der Waals surface area contributed by atoms with E-state index in [1.807, 2.05) is 0 Å². The number of rotatable bonds is 1. The molecule has 5 heteroatoms. The molecule has 3 fully saturated rings. The van der Waals surface area contributed by atoms with E-state index in [1.165, 1.54) is 7.11 Å². The Hall–Kier alpha value is -0.320. The molecule has 0 aromatic carbocycles. The van der Waals surface area contributed by atoms with E-state index in [0.29, 0.717) is 0 Å². The van der Waals surface area contributed by atoms with E-state index < -0.39 is 0 Å². The van der Waals surface area contributed by atoms with Crippen LogP contribution >= 0.6 is 12.4 Å². The van der Waals surface area contributed by atoms with Gasteiger partial charge in [-0.3, -0.25) is 4.79 Å². The summed E-state index contributed by atoms with van der Waals surface area (Å²) in [5.41, 5.74) is -0.569. The molecular formula is C10H16ClNO3. The monoisotopic (exact) mass is 233 g/mol. The summed E-state index contributed by atoms with van der Waals surface area (Å²) < 4.78 is 10.9. The first kappa shape index (κ1) is 11.2. The van der Waals surface area contributed by atoms with Gasteiger partial charge < -0.3 is 14.8 Å². The van der Waals surface area contributed by atoms with Crippen molar-refractivity contribution in [2.45, 2.75) is 31.0 Å². The fourth-order valence-corrected chi connectivity index (χ4v) is 3.29. The molecule has 0 radical (unpaired) electrons. The molecule has 2 unspecified atom stereocenters. The molecule has 0 aromatic heterocycles. The number of halogens is 1. The van der Waals surface area contributed by atoms with Crippen LogP contribution in [0.4, 0.5) is 0 Å². The molecule has 1 N–H and O–H groups in total. The summed E-state index contributed by atoms with van der Waals surface area (Å²) in [5, 5.41) is 3.20. The molecule has 15 heavy (non-hydrogen) atoms. The van der Waals surface area contributed by atoms with Crippen molar-refractivity contribution in [3.8, 4) is 0 Å². The van der Waals surface area contributed by atoms with Crippen LogP contribution in [-0.4, -0.2) is 37.9 Å². The van der Waals surface area contributed by atoms with Crippen LogP contribution in [0.5, 0.6) is 0 Å². The molecule has 3 aliphatic rings. The summed E-state index contributed by atoms with van der Waals surface area (Å²) in [4.78, 5) is 11.9. The van der Waals surface area contributed by atoms with Crippen molar-refractivity contribution in [1.82, 2.24) is 5.32 Å². The van der Waals surface area contributed by atoms with Crippen LogP contribution in [0.25, 0.3) is 0 Å². The molecule has 1 saturated carbocycles. The fraction of sp³-hybridized carbons (Fsp3) is 0.900. The van der Waals surface area contributed by atoms with Gasteiger partial charge in [-0.15, -0.1) is 12.4 Å². The number of carbonyl (C=O) groups excluding carboxylic acids is 1. The van der Waals surface area contributed by atoms with E-state index in [0.717, 1.165) is 32.4 Å². The lowest BCUT2D eigenvalue weighted by molar-refractivity contribution is -0.185. The minimum Gasteiger partial charge on any atom is -0.469 e. The number of carbonyl (C=O) groups is 1. The second kappa shape index (κ2) is 3.34. The maximum Gasteiger partial charge on any atom is 0.314 e. The Kier molecular flexibility index (Phi) is 2.48. The van der Waals surface area contributed by atoms with Crippen LogP contribution in [0.1, 0.15) is 19.3 Å². The van der Waals surface area contributed by atoms with Crippen LogP contribution in [-0.2, 0) is 14.3 Å². The predicted octanol–water partition coefficient (Wildman–Crippen LogP) is 0.492. The smallest absolute Gasteiger partial charge is 0.314 e. The van der Waals surface area contributed by atoms with E-state index in [2.05, 4.69) is 5.32 Å². The van der Waals surface area contributed by atoms with Crippen molar-refractivity contribution >= 4 is 18.4 Å². The minimum atomic E-state index is -0.336. The minimum absolute atomic E-state index is 0. The second-order valence-electron chi connectivity index (χ2n) is 4.65. The second-order valence-corrected chi connectivity index (χ2v) is 4.65. The number of nitrogens with one attached hydrogen (secondary N) is 1. The van der Waals surface area contributed by atoms with Gasteiger partial charge in [-0.05, 0) is 19.3 Å². The summed E-state index contributed by atoms with van der Waals surface area (Å²) in [6.45, 7) is 1.61. The lowest BCUT2D eigenvalue weighted by Gasteiger charge is -2.50. The Morgan fingerprint density at radius 3 is 2.73 bits per heavy atom. The zero-order chi connectivity index (χ0) is 9.81. The van der Waals surface area contributed by atoms with E-state index in [1.54, 1.807) is 0 Å². The van der Waals surface area contributed by atoms with Gasteiger partial charge in [-0.25, -0.2) is 0 Å². The molecule has 0 aromatic rings. The van der Waals surface area contributed by atoms with E-state index >= 15 is 0 Å². The lowest BCUT2D eigenvalue weighted by atomic mass is 9.68. The van der Waals surface area contributed by atoms with Crippen LogP contribution in [0.3, 0.4) is 0 Å². The van der Waals surface area contributed by atoms with Crippen molar-refractivity contribution in [3.63, 3.8) is 0 Å². The van der Waals surface area contributed by atoms with Crippen molar-refractivity contribution < 1.29 is 14.3 Å². The maximum atomic E-state index is 11.9. The summed E-state index contributed by atoms with van der Waals surface area (Å²) in [5.74, 6) is -0.0704. The van der Waals surface area contributed by atoms with E-state index in [4.69, 9.17) is 9.47 Å². The first-order chi connectivity index (χ1) is 6.72. The first-order valence-corrected chi connectivity index (χ1v) is 5.19. The predicted molar refractivity (Wildman–Crippen MR) is 56.0 cm³/mol. The Morgan fingerprint density at radius 2 is 2.27 bits per heavy atom. The van der Waals surface area contributed by atoms with Gasteiger partial charge in [0.05, 0.1) is 13.2 Å². The Labute approximate surface area is 95.1 Å². The molecule has 2 bridgehead atoms. The van der Waals surface area contributed by atoms with Crippen molar-refractivity contribution in [1.29, 1.82) is 0 Å². The number of esters is 1. The van der Waals surface area contributed by atoms with Gasteiger partial charge in [0.2, 0.25) is 0 Å². The van der Waals surface area contributed by atoms with Crippen LogP contribution in [0.15, 0.2) is 0 Å². The highest BCUT2D eigenvalue weighted by Gasteiger charge is 2.69. The Bertz CT molecular complexity index is 292. The van der Waals surface area contributed by atoms with Crippen molar-refractivity contribution in [3.05, 3.63) is 0 Å². The number of fused-ring (bicyclic) bond motifs is 3. The summed E-state index contributed by atoms with van der Waals surface area (Å²) in [6.07, 6.45) is 3.10. The highest BCUT2D eigenvalue weighted by molar-refractivity contribution is 5.85. The molecule has 2 aliphatic heterocycles. The number of hydrogen-bond donors (Lipinski definition) is 1. The topological polar surface area (TPSA) is 47.6 Å². The molecule has 86 valence electrons. The van der Waals surface area contributed by atoms with Crippen molar-refractivity contribution in [2.75, 3.05) is 20.2 Å². The molecule has 2 atom stereocenters. The molecule has 0 amide bonds. The van der Waals surface area contributed by atoms with Crippen molar-refractivity contribution in [2.24, 2.45) is 5.41 Å². The summed E-state index contributed by atoms with van der Waals surface area (Å²) >= 11 is 0. The average Bonchev–Trinajstić information content (AvgIpc) is 2.70. The van der Waals surface area contributed by atoms with Gasteiger partial charge in [0.1, 0.15) is 11.0 Å². The van der Waals surface area contributed by atoms with Gasteiger partial charge >= 0.3 is 5.97 Å². The maximum absolute atomic E-state index is 11.9. The first-order valence-electron chi connectivity index (χ1n) is 5.19. The van der Waals surface area contributed by atoms with Crippen LogP contribution in [0, 0.1) is 5.41 Å². The summed E-state index contributed by atoms with van der Waals surface area (Å²) in [7, 11) is 1.47. The molecule has 4 nitrogen and oxygen atoms in total. The van der Waals surface area contributed by atoms with E-state index in [-0.39, 0.29) is 35.5 Å². The largest absolute Gasteiger partial charge is 0.469 e. The summed E-state index contributed by atoms with van der Waals surface area (Å²) in [6, 6.07) is 0. The standard InChI is InChI=1S/C10H15NO3.ClH/c1-13-8(12)9-3-2-7(4-9)14-10(9)5-11-6-10;/h7,11H,2-6H2,1H3;1H. The average molecular weight is 234 g/mol. The van der Waals surface area contributed by atoms with E-state index in [9.17, 15) is 4.79 Å². The van der Waals surface area contributed by atoms with Gasteiger partial charge in [-0.2, -0.15) is 0 Å². The number of methoxy groups -OCH3 is 1. The number of hydrogen-bond acceptors (Lipinski definition) is 4. The molecule has 2 saturated heterocycles. The zero-order valence-corrected chi connectivity index (χ0v) is 9.56. The molecular weight excluding hydrogens is 218 g/mol. The SMILES string of the molecule is COC(=O)C12CCC(C1)OC21CNC1.Cl. The third kappa shape index (κ3) is 1.13. The lowest BCUT2D eigenvalue weighted by Crippen LogP contribution is -2.69. The number of ether oxygens (including phenoxy) is 2. The third-order valence-electron chi connectivity index (χ3n) is 4.13. The third-order valence-corrected chi connectivity index (χ3v) is 4.13. The molecule has 2 heterocycles. The zero-order valence-electron chi connectivity index (χ0n) is 8.75. The quantitative estimate of drug-likeness (QED) is 0.670. The van der Waals surface area contributed by atoms with Gasteiger partial charge in [0.15, 0.2) is 0 Å².